The predicted molar refractivity (Wildman–Crippen MR) is 96.0 cm³/mol. The van der Waals surface area contributed by atoms with E-state index >= 15 is 0 Å². The van der Waals surface area contributed by atoms with Crippen LogP contribution in [-0.4, -0.2) is 23.8 Å². The van der Waals surface area contributed by atoms with Crippen LogP contribution in [0.25, 0.3) is 0 Å². The summed E-state index contributed by atoms with van der Waals surface area (Å²) in [6.45, 7) is 0. The molecule has 0 fully saturated rings. The number of urea groups is 1. The highest BCUT2D eigenvalue weighted by Gasteiger charge is 2.25. The Morgan fingerprint density at radius 3 is 2.12 bits per heavy atom. The molecule has 0 aliphatic carbocycles. The van der Waals surface area contributed by atoms with E-state index < -0.39 is 23.8 Å². The van der Waals surface area contributed by atoms with E-state index in [0.717, 1.165) is 4.90 Å². The minimum Gasteiger partial charge on any atom is -0.306 e. The van der Waals surface area contributed by atoms with Crippen LogP contribution in [0.4, 0.5) is 16.2 Å². The van der Waals surface area contributed by atoms with E-state index in [2.05, 4.69) is 10.6 Å². The van der Waals surface area contributed by atoms with E-state index in [1.807, 2.05) is 0 Å². The SMILES string of the molecule is O=C(NC(=O)c1ccc(N2C(=O)C=CC2=O)cc1)Nc1ccccc1Cl. The lowest BCUT2D eigenvalue weighted by Crippen LogP contribution is -2.34. The van der Waals surface area contributed by atoms with Crippen LogP contribution in [0.1, 0.15) is 10.4 Å². The van der Waals surface area contributed by atoms with Crippen molar-refractivity contribution in [3.63, 3.8) is 0 Å². The average Bonchev–Trinajstić information content (AvgIpc) is 2.95. The van der Waals surface area contributed by atoms with Crippen molar-refractivity contribution in [2.24, 2.45) is 0 Å². The van der Waals surface area contributed by atoms with Crippen molar-refractivity contribution < 1.29 is 19.2 Å². The first kappa shape index (κ1) is 17.4. The second-order valence-corrected chi connectivity index (χ2v) is 5.69. The largest absolute Gasteiger partial charge is 0.326 e. The van der Waals surface area contributed by atoms with Crippen molar-refractivity contribution in [1.29, 1.82) is 0 Å². The van der Waals surface area contributed by atoms with Crippen LogP contribution in [-0.2, 0) is 9.59 Å². The van der Waals surface area contributed by atoms with Crippen molar-refractivity contribution in [2.45, 2.75) is 0 Å². The summed E-state index contributed by atoms with van der Waals surface area (Å²) in [4.78, 5) is 48.3. The number of carbonyl (C=O) groups is 4. The summed E-state index contributed by atoms with van der Waals surface area (Å²) in [5.41, 5.74) is 0.894. The van der Waals surface area contributed by atoms with Gasteiger partial charge in [-0.15, -0.1) is 0 Å². The Morgan fingerprint density at radius 1 is 0.885 bits per heavy atom. The Hall–Kier alpha value is -3.45. The first-order valence-electron chi connectivity index (χ1n) is 7.49. The minimum absolute atomic E-state index is 0.190. The van der Waals surface area contributed by atoms with Crippen LogP contribution in [0.3, 0.4) is 0 Å². The van der Waals surface area contributed by atoms with Gasteiger partial charge < -0.3 is 5.32 Å². The van der Waals surface area contributed by atoms with Crippen molar-refractivity contribution in [3.05, 3.63) is 71.3 Å². The summed E-state index contributed by atoms with van der Waals surface area (Å²) in [5.74, 6) is -1.55. The zero-order valence-electron chi connectivity index (χ0n) is 13.2. The Kier molecular flexibility index (Phi) is 4.81. The highest BCUT2D eigenvalue weighted by Crippen LogP contribution is 2.21. The molecule has 7 nitrogen and oxygen atoms in total. The summed E-state index contributed by atoms with van der Waals surface area (Å²) in [7, 11) is 0. The average molecular weight is 370 g/mol. The summed E-state index contributed by atoms with van der Waals surface area (Å²) in [5, 5.41) is 4.98. The lowest BCUT2D eigenvalue weighted by molar-refractivity contribution is -0.119. The maximum absolute atomic E-state index is 12.1. The number of imide groups is 2. The number of amides is 5. The topological polar surface area (TPSA) is 95.6 Å². The first-order chi connectivity index (χ1) is 12.5. The van der Waals surface area contributed by atoms with Crippen molar-refractivity contribution >= 4 is 46.7 Å². The number of nitrogens with one attached hydrogen (secondary N) is 2. The Labute approximate surface area is 153 Å². The van der Waals surface area contributed by atoms with E-state index in [1.54, 1.807) is 24.3 Å². The summed E-state index contributed by atoms with van der Waals surface area (Å²) >= 11 is 5.93. The maximum atomic E-state index is 12.1. The second-order valence-electron chi connectivity index (χ2n) is 5.28. The molecule has 0 radical (unpaired) electrons. The second kappa shape index (κ2) is 7.20. The van der Waals surface area contributed by atoms with Crippen LogP contribution in [0.15, 0.2) is 60.7 Å². The van der Waals surface area contributed by atoms with E-state index in [-0.39, 0.29) is 5.56 Å². The lowest BCUT2D eigenvalue weighted by Gasteiger charge is -2.14. The summed E-state index contributed by atoms with van der Waals surface area (Å²) in [6.07, 6.45) is 2.34. The van der Waals surface area contributed by atoms with Gasteiger partial charge in [0.05, 0.1) is 16.4 Å². The summed E-state index contributed by atoms with van der Waals surface area (Å²) < 4.78 is 0. The predicted octanol–water partition coefficient (Wildman–Crippen LogP) is 2.73. The molecule has 0 bridgehead atoms. The van der Waals surface area contributed by atoms with Crippen LogP contribution in [0.5, 0.6) is 0 Å². The monoisotopic (exact) mass is 369 g/mol. The number of rotatable bonds is 3. The number of para-hydroxylation sites is 1. The molecule has 3 rings (SSSR count). The number of hydrogen-bond acceptors (Lipinski definition) is 4. The molecule has 26 heavy (non-hydrogen) atoms. The van der Waals surface area contributed by atoms with Crippen LogP contribution < -0.4 is 15.5 Å². The van der Waals surface area contributed by atoms with E-state index in [1.165, 1.54) is 36.4 Å². The Bertz CT molecular complexity index is 920. The molecule has 0 aromatic heterocycles. The van der Waals surface area contributed by atoms with Crippen molar-refractivity contribution in [3.8, 4) is 0 Å². The Balaban J connectivity index is 1.65. The van der Waals surface area contributed by atoms with E-state index in [4.69, 9.17) is 11.6 Å². The molecule has 2 N–H and O–H groups in total. The third-order valence-electron chi connectivity index (χ3n) is 3.55. The van der Waals surface area contributed by atoms with Gasteiger partial charge in [-0.2, -0.15) is 0 Å². The van der Waals surface area contributed by atoms with Gasteiger partial charge in [-0.05, 0) is 36.4 Å². The van der Waals surface area contributed by atoms with Gasteiger partial charge in [-0.25, -0.2) is 9.69 Å². The van der Waals surface area contributed by atoms with Gasteiger partial charge in [0, 0.05) is 17.7 Å². The first-order valence-corrected chi connectivity index (χ1v) is 7.86. The van der Waals surface area contributed by atoms with E-state index in [9.17, 15) is 19.2 Å². The molecular weight excluding hydrogens is 358 g/mol. The standard InChI is InChI=1S/C18H12ClN3O4/c19-13-3-1-2-4-14(13)20-18(26)21-17(25)11-5-7-12(8-6-11)22-15(23)9-10-16(22)24/h1-10H,(H2,20,21,25,26). The number of hydrogen-bond donors (Lipinski definition) is 2. The number of benzene rings is 2. The molecule has 0 spiro atoms. The number of nitrogens with zero attached hydrogens (tertiary/aromatic N) is 1. The number of carbonyl (C=O) groups excluding carboxylic acids is 4. The van der Waals surface area contributed by atoms with Crippen molar-refractivity contribution in [2.75, 3.05) is 10.2 Å². The fourth-order valence-corrected chi connectivity index (χ4v) is 2.49. The van der Waals surface area contributed by atoms with Gasteiger partial charge >= 0.3 is 6.03 Å². The van der Waals surface area contributed by atoms with Gasteiger partial charge in [-0.3, -0.25) is 19.7 Å². The van der Waals surface area contributed by atoms with Gasteiger partial charge in [0.15, 0.2) is 0 Å². The minimum atomic E-state index is -0.735. The molecule has 130 valence electrons. The maximum Gasteiger partial charge on any atom is 0.326 e. The normalized spacial score (nSPS) is 13.0. The fraction of sp³-hybridized carbons (Fsp3) is 0. The number of halogens is 1. The molecule has 0 atom stereocenters. The molecule has 5 amide bonds. The van der Waals surface area contributed by atoms with E-state index in [0.29, 0.717) is 16.4 Å². The molecule has 1 aliphatic heterocycles. The quantitative estimate of drug-likeness (QED) is 0.813. The number of anilines is 2. The zero-order chi connectivity index (χ0) is 18.7. The zero-order valence-corrected chi connectivity index (χ0v) is 14.0. The molecular formula is C18H12ClN3O4. The third kappa shape index (κ3) is 3.62. The van der Waals surface area contributed by atoms with Crippen LogP contribution in [0.2, 0.25) is 5.02 Å². The fourth-order valence-electron chi connectivity index (χ4n) is 2.31. The van der Waals surface area contributed by atoms with Gasteiger partial charge in [0.25, 0.3) is 17.7 Å². The van der Waals surface area contributed by atoms with Gasteiger partial charge in [0.2, 0.25) is 0 Å². The van der Waals surface area contributed by atoms with Crippen LogP contribution >= 0.6 is 11.6 Å². The lowest BCUT2D eigenvalue weighted by atomic mass is 10.2. The molecule has 0 unspecified atom stereocenters. The summed E-state index contributed by atoms with van der Waals surface area (Å²) in [6, 6.07) is 11.6. The molecule has 1 heterocycles. The van der Waals surface area contributed by atoms with Gasteiger partial charge in [-0.1, -0.05) is 23.7 Å². The molecule has 2 aromatic carbocycles. The smallest absolute Gasteiger partial charge is 0.306 e. The van der Waals surface area contributed by atoms with Crippen LogP contribution in [0, 0.1) is 0 Å². The van der Waals surface area contributed by atoms with Crippen molar-refractivity contribution in [1.82, 2.24) is 5.32 Å². The Morgan fingerprint density at radius 2 is 1.50 bits per heavy atom. The molecule has 8 heteroatoms. The highest BCUT2D eigenvalue weighted by molar-refractivity contribution is 6.33. The molecule has 0 saturated heterocycles. The molecule has 2 aromatic rings. The molecule has 1 aliphatic rings. The highest BCUT2D eigenvalue weighted by atomic mass is 35.5. The van der Waals surface area contributed by atoms with Gasteiger partial charge in [0.1, 0.15) is 0 Å². The third-order valence-corrected chi connectivity index (χ3v) is 3.88. The molecule has 0 saturated carbocycles.